The largest absolute Gasteiger partial charge is 0.496 e. The van der Waals surface area contributed by atoms with Crippen molar-refractivity contribution in [2.24, 2.45) is 17.8 Å². The van der Waals surface area contributed by atoms with Crippen molar-refractivity contribution in [3.05, 3.63) is 35.5 Å². The minimum Gasteiger partial charge on any atom is -0.496 e. The predicted octanol–water partition coefficient (Wildman–Crippen LogP) is 5.53. The number of esters is 1. The molecule has 2 fully saturated rings. The molecule has 0 N–H and O–H groups in total. The number of para-hydroxylation sites is 1. The van der Waals surface area contributed by atoms with E-state index in [9.17, 15) is 9.59 Å². The molecule has 2 aliphatic carbocycles. The van der Waals surface area contributed by atoms with Gasteiger partial charge in [-0.15, -0.1) is 11.3 Å². The number of allylic oxidation sites excluding steroid dienone is 1. The molecular formula is C25H29NO4S. The van der Waals surface area contributed by atoms with Gasteiger partial charge in [0.25, 0.3) is 0 Å². The molecule has 3 aliphatic rings. The van der Waals surface area contributed by atoms with Crippen molar-refractivity contribution in [1.29, 1.82) is 0 Å². The maximum Gasteiger partial charge on any atom is 0.306 e. The summed E-state index contributed by atoms with van der Waals surface area (Å²) in [7, 11) is 0. The summed E-state index contributed by atoms with van der Waals surface area (Å²) >= 11 is 1.52. The van der Waals surface area contributed by atoms with Crippen LogP contribution in [0.5, 0.6) is 0 Å². The van der Waals surface area contributed by atoms with Crippen molar-refractivity contribution in [1.82, 2.24) is 4.98 Å². The molecule has 0 bridgehead atoms. The van der Waals surface area contributed by atoms with Crippen LogP contribution in [0.2, 0.25) is 0 Å². The Morgan fingerprint density at radius 1 is 1.19 bits per heavy atom. The van der Waals surface area contributed by atoms with Gasteiger partial charge in [0, 0.05) is 12.3 Å². The fourth-order valence-corrected chi connectivity index (χ4v) is 6.39. The van der Waals surface area contributed by atoms with E-state index in [0.29, 0.717) is 30.8 Å². The maximum atomic E-state index is 13.3. The lowest BCUT2D eigenvalue weighted by molar-refractivity contribution is -0.161. The minimum absolute atomic E-state index is 0.00806. The first-order chi connectivity index (χ1) is 15.1. The zero-order chi connectivity index (χ0) is 21.4. The number of thiazole rings is 1. The quantitative estimate of drug-likeness (QED) is 0.573. The van der Waals surface area contributed by atoms with E-state index in [4.69, 9.17) is 9.47 Å². The fourth-order valence-electron chi connectivity index (χ4n) is 5.41. The molecule has 0 radical (unpaired) electrons. The summed E-state index contributed by atoms with van der Waals surface area (Å²) in [5, 5.41) is 0.720. The van der Waals surface area contributed by atoms with Gasteiger partial charge in [-0.25, -0.2) is 4.98 Å². The molecule has 164 valence electrons. The van der Waals surface area contributed by atoms with Crippen LogP contribution in [0, 0.1) is 17.8 Å². The summed E-state index contributed by atoms with van der Waals surface area (Å²) in [4.78, 5) is 30.3. The van der Waals surface area contributed by atoms with Crippen LogP contribution in [0.1, 0.15) is 63.3 Å². The van der Waals surface area contributed by atoms with E-state index in [0.717, 1.165) is 21.6 Å². The number of aromatic nitrogens is 1. The van der Waals surface area contributed by atoms with Crippen molar-refractivity contribution >= 4 is 38.9 Å². The molecule has 31 heavy (non-hydrogen) atoms. The Morgan fingerprint density at radius 3 is 2.81 bits per heavy atom. The smallest absolute Gasteiger partial charge is 0.306 e. The van der Waals surface area contributed by atoms with Crippen LogP contribution < -0.4 is 0 Å². The highest BCUT2D eigenvalue weighted by molar-refractivity contribution is 7.19. The monoisotopic (exact) mass is 439 g/mol. The molecule has 5 rings (SSSR count). The highest BCUT2D eigenvalue weighted by atomic mass is 32.1. The first-order valence-electron chi connectivity index (χ1n) is 11.6. The van der Waals surface area contributed by atoms with Crippen molar-refractivity contribution in [2.75, 3.05) is 0 Å². The number of fused-ring (bicyclic) bond motifs is 2. The number of ketones is 1. The Balaban J connectivity index is 1.24. The van der Waals surface area contributed by atoms with Crippen LogP contribution in [-0.2, 0) is 19.1 Å². The first-order valence-corrected chi connectivity index (χ1v) is 12.4. The highest BCUT2D eigenvalue weighted by Crippen LogP contribution is 2.41. The van der Waals surface area contributed by atoms with Crippen molar-refractivity contribution in [3.63, 3.8) is 0 Å². The number of hydrogen-bond donors (Lipinski definition) is 0. The molecular weight excluding hydrogens is 410 g/mol. The second-order valence-electron chi connectivity index (χ2n) is 9.24. The Morgan fingerprint density at radius 2 is 2.00 bits per heavy atom. The Kier molecular flexibility index (Phi) is 5.83. The van der Waals surface area contributed by atoms with E-state index in [2.05, 4.69) is 4.98 Å². The molecule has 6 heteroatoms. The van der Waals surface area contributed by atoms with Crippen LogP contribution in [-0.4, -0.2) is 28.9 Å². The zero-order valence-electron chi connectivity index (χ0n) is 17.9. The van der Waals surface area contributed by atoms with Gasteiger partial charge in [0.1, 0.15) is 17.2 Å². The predicted molar refractivity (Wildman–Crippen MR) is 120 cm³/mol. The standard InChI is InChI=1S/C25H29NO4S/c1-15-20(30-22(27)13-10-16-6-2-3-7-16)12-11-17-23(28)18(14-29-24(15)17)25-26-19-8-4-5-9-21(19)31-25/h4-5,8-9,14-17,20,24H,2-3,6-7,10-13H2,1H3. The molecule has 1 aromatic heterocycles. The van der Waals surface area contributed by atoms with Gasteiger partial charge in [0.05, 0.1) is 28.0 Å². The lowest BCUT2D eigenvalue weighted by Gasteiger charge is -2.41. The van der Waals surface area contributed by atoms with Crippen LogP contribution >= 0.6 is 11.3 Å². The van der Waals surface area contributed by atoms with E-state index in [1.165, 1.54) is 37.0 Å². The van der Waals surface area contributed by atoms with Crippen molar-refractivity contribution < 1.29 is 19.1 Å². The second kappa shape index (κ2) is 8.73. The number of carbonyl (C=O) groups is 2. The summed E-state index contributed by atoms with van der Waals surface area (Å²) in [6, 6.07) is 7.91. The molecule has 1 aromatic carbocycles. The van der Waals surface area contributed by atoms with Gasteiger partial charge in [0.15, 0.2) is 5.78 Å². The van der Waals surface area contributed by atoms with E-state index < -0.39 is 0 Å². The molecule has 1 aliphatic heterocycles. The fraction of sp³-hybridized carbons (Fsp3) is 0.560. The van der Waals surface area contributed by atoms with Crippen LogP contribution in [0.25, 0.3) is 15.8 Å². The van der Waals surface area contributed by atoms with Crippen molar-refractivity contribution in [3.8, 4) is 0 Å². The number of ether oxygens (including phenoxy) is 2. The van der Waals surface area contributed by atoms with Gasteiger partial charge >= 0.3 is 5.97 Å². The topological polar surface area (TPSA) is 65.5 Å². The normalized spacial score (nSPS) is 28.8. The average Bonchev–Trinajstić information content (AvgIpc) is 3.44. The van der Waals surface area contributed by atoms with Crippen LogP contribution in [0.4, 0.5) is 0 Å². The van der Waals surface area contributed by atoms with Crippen LogP contribution in [0.3, 0.4) is 0 Å². The Labute approximate surface area is 186 Å². The van der Waals surface area contributed by atoms with Gasteiger partial charge in [-0.05, 0) is 37.3 Å². The van der Waals surface area contributed by atoms with Crippen LogP contribution in [0.15, 0.2) is 30.5 Å². The molecule has 0 spiro atoms. The summed E-state index contributed by atoms with van der Waals surface area (Å²) in [6.07, 6.45) is 9.07. The van der Waals surface area contributed by atoms with Crippen molar-refractivity contribution in [2.45, 2.75) is 70.5 Å². The molecule has 4 atom stereocenters. The van der Waals surface area contributed by atoms with Gasteiger partial charge in [-0.1, -0.05) is 44.7 Å². The lowest BCUT2D eigenvalue weighted by Crippen LogP contribution is -2.48. The van der Waals surface area contributed by atoms with Gasteiger partial charge < -0.3 is 9.47 Å². The average molecular weight is 440 g/mol. The molecule has 2 heterocycles. The van der Waals surface area contributed by atoms with E-state index in [-0.39, 0.29) is 35.8 Å². The molecule has 5 nitrogen and oxygen atoms in total. The third kappa shape index (κ3) is 4.14. The molecule has 2 saturated carbocycles. The van der Waals surface area contributed by atoms with Gasteiger partial charge in [0.2, 0.25) is 0 Å². The highest BCUT2D eigenvalue weighted by Gasteiger charge is 2.46. The zero-order valence-corrected chi connectivity index (χ0v) is 18.7. The molecule has 2 aromatic rings. The van der Waals surface area contributed by atoms with Gasteiger partial charge in [-0.3, -0.25) is 9.59 Å². The number of carbonyl (C=O) groups excluding carboxylic acids is 2. The summed E-state index contributed by atoms with van der Waals surface area (Å²) in [5.74, 6) is 0.482. The summed E-state index contributed by atoms with van der Waals surface area (Å²) in [5.41, 5.74) is 1.47. The SMILES string of the molecule is CC1C(OC(=O)CCC2CCCC2)CCC2C(=O)C(c3nc4ccccc4s3)=COC21. The first kappa shape index (κ1) is 20.7. The number of nitrogens with zero attached hydrogens (tertiary/aromatic N) is 1. The molecule has 0 saturated heterocycles. The Bertz CT molecular complexity index is 973. The van der Waals surface area contributed by atoms with E-state index in [1.807, 2.05) is 31.2 Å². The third-order valence-electron chi connectivity index (χ3n) is 7.25. The van der Waals surface area contributed by atoms with Gasteiger partial charge in [-0.2, -0.15) is 0 Å². The summed E-state index contributed by atoms with van der Waals surface area (Å²) in [6.45, 7) is 2.04. The third-order valence-corrected chi connectivity index (χ3v) is 8.32. The molecule has 0 amide bonds. The van der Waals surface area contributed by atoms with E-state index in [1.54, 1.807) is 6.26 Å². The lowest BCUT2D eigenvalue weighted by atomic mass is 9.73. The second-order valence-corrected chi connectivity index (χ2v) is 10.3. The van der Waals surface area contributed by atoms with E-state index >= 15 is 0 Å². The number of rotatable bonds is 5. The number of benzene rings is 1. The molecule has 4 unspecified atom stereocenters. The summed E-state index contributed by atoms with van der Waals surface area (Å²) < 4.78 is 13.0. The Hall–Kier alpha value is -2.21. The maximum absolute atomic E-state index is 13.3. The minimum atomic E-state index is -0.244. The number of hydrogen-bond acceptors (Lipinski definition) is 6. The number of Topliss-reactive ketones (excluding diaryl/α,β-unsaturated/α-hetero) is 1.